The molecule has 0 saturated carbocycles. The van der Waals surface area contributed by atoms with Gasteiger partial charge in [-0.15, -0.1) is 0 Å². The van der Waals surface area contributed by atoms with Gasteiger partial charge in [-0.05, 0) is 25.1 Å². The van der Waals surface area contributed by atoms with Gasteiger partial charge in [-0.25, -0.2) is 4.79 Å². The monoisotopic (exact) mass is 647 g/mol. The average Bonchev–Trinajstić information content (AvgIpc) is 3.06. The van der Waals surface area contributed by atoms with E-state index in [1.165, 1.54) is 37.4 Å². The van der Waals surface area contributed by atoms with Gasteiger partial charge in [0.1, 0.15) is 22.8 Å². The average molecular weight is 648 g/mol. The number of Topliss-reactive ketones (excluding diaryl/α,β-unsaturated/α-hetero) is 1. The van der Waals surface area contributed by atoms with Gasteiger partial charge in [0, 0.05) is 42.0 Å². The Balaban J connectivity index is 1.42. The highest BCUT2D eigenvalue weighted by molar-refractivity contribution is 6.31. The van der Waals surface area contributed by atoms with E-state index in [4.69, 9.17) is 24.7 Å². The number of hydrogen-bond donors (Lipinski definition) is 5. The van der Waals surface area contributed by atoms with Gasteiger partial charge in [0.15, 0.2) is 18.7 Å². The standard InChI is InChI=1S/C34H33NO12/c1-15-28(37)19(35)11-23(46-15)47-21-13-34(43,22(36)14-45-33(42)16-7-4-3-5-8-16)12-18-25(21)32(41)27-26(30(18)39)29(38)17-9-6-10-20(44-2)24(17)31(27)40/h3-10,15,19,21,23,28,37,39,41,43H,11-14,35H2,1-2H3/t15-,19-,21-,23-,28+,34-/m0/s1. The largest absolute Gasteiger partial charge is 0.507 e. The molecule has 1 heterocycles. The number of ether oxygens (including phenoxy) is 4. The Morgan fingerprint density at radius 3 is 2.38 bits per heavy atom. The van der Waals surface area contributed by atoms with Crippen LogP contribution in [0.3, 0.4) is 0 Å². The summed E-state index contributed by atoms with van der Waals surface area (Å²) in [6.45, 7) is 0.729. The smallest absolute Gasteiger partial charge is 0.338 e. The molecule has 13 heteroatoms. The van der Waals surface area contributed by atoms with Crippen LogP contribution in [0, 0.1) is 0 Å². The lowest BCUT2D eigenvalue weighted by Crippen LogP contribution is -2.53. The number of rotatable bonds is 7. The number of hydrogen-bond acceptors (Lipinski definition) is 13. The van der Waals surface area contributed by atoms with E-state index in [2.05, 4.69) is 0 Å². The van der Waals surface area contributed by atoms with E-state index in [1.54, 1.807) is 25.1 Å². The minimum atomic E-state index is -2.34. The van der Waals surface area contributed by atoms with Gasteiger partial charge in [-0.2, -0.15) is 0 Å². The zero-order chi connectivity index (χ0) is 33.8. The van der Waals surface area contributed by atoms with Crippen LogP contribution in [0.15, 0.2) is 48.5 Å². The van der Waals surface area contributed by atoms with Gasteiger partial charge >= 0.3 is 5.97 Å². The first-order valence-electron chi connectivity index (χ1n) is 15.0. The number of phenols is 2. The van der Waals surface area contributed by atoms with Crippen molar-refractivity contribution in [1.82, 2.24) is 0 Å². The predicted molar refractivity (Wildman–Crippen MR) is 161 cm³/mol. The summed E-state index contributed by atoms with van der Waals surface area (Å²) in [6.07, 6.45) is -5.45. The SMILES string of the molecule is COc1cccc2c1C(=O)c1c(O)c3c(c(O)c1C2=O)C[C@@](O)(C(=O)COC(=O)c1ccccc1)C[C@@H]3O[C@H]1C[C@H](N)[C@H](O)[C@H](C)O1. The molecule has 0 unspecified atom stereocenters. The highest BCUT2D eigenvalue weighted by Crippen LogP contribution is 2.52. The van der Waals surface area contributed by atoms with Gasteiger partial charge in [0.2, 0.25) is 11.6 Å². The number of esters is 1. The van der Waals surface area contributed by atoms with Crippen molar-refractivity contribution in [2.24, 2.45) is 5.73 Å². The summed E-state index contributed by atoms with van der Waals surface area (Å²) < 4.78 is 22.4. The number of nitrogens with two attached hydrogens (primary N) is 1. The van der Waals surface area contributed by atoms with Crippen molar-refractivity contribution in [3.8, 4) is 17.2 Å². The normalized spacial score (nSPS) is 26.5. The molecule has 6 atom stereocenters. The minimum absolute atomic E-state index is 0.0158. The Bertz CT molecular complexity index is 1780. The number of carbonyl (C=O) groups excluding carboxylic acids is 4. The van der Waals surface area contributed by atoms with Gasteiger partial charge in [-0.1, -0.05) is 30.3 Å². The van der Waals surface area contributed by atoms with Crippen LogP contribution < -0.4 is 10.5 Å². The van der Waals surface area contributed by atoms with E-state index >= 15 is 0 Å². The molecule has 13 nitrogen and oxygen atoms in total. The molecule has 0 bridgehead atoms. The summed E-state index contributed by atoms with van der Waals surface area (Å²) in [6, 6.07) is 11.5. The van der Waals surface area contributed by atoms with Crippen LogP contribution in [0.25, 0.3) is 0 Å². The molecule has 2 aliphatic carbocycles. The summed E-state index contributed by atoms with van der Waals surface area (Å²) >= 11 is 0. The van der Waals surface area contributed by atoms with Crippen molar-refractivity contribution in [3.05, 3.63) is 87.5 Å². The fraction of sp³-hybridized carbons (Fsp3) is 0.353. The Kier molecular flexibility index (Phi) is 8.36. The van der Waals surface area contributed by atoms with Gasteiger partial charge < -0.3 is 45.1 Å². The van der Waals surface area contributed by atoms with Crippen LogP contribution in [0.1, 0.15) is 79.2 Å². The van der Waals surface area contributed by atoms with E-state index in [0.29, 0.717) is 0 Å². The van der Waals surface area contributed by atoms with Crippen molar-refractivity contribution >= 4 is 23.3 Å². The first kappa shape index (κ1) is 32.3. The number of benzene rings is 3. The molecule has 246 valence electrons. The Morgan fingerprint density at radius 1 is 1.00 bits per heavy atom. The second-order valence-electron chi connectivity index (χ2n) is 11.9. The number of methoxy groups -OCH3 is 1. The van der Waals surface area contributed by atoms with Crippen molar-refractivity contribution in [2.75, 3.05) is 13.7 Å². The second kappa shape index (κ2) is 12.2. The van der Waals surface area contributed by atoms with Crippen molar-refractivity contribution in [3.63, 3.8) is 0 Å². The summed E-state index contributed by atoms with van der Waals surface area (Å²) in [5.74, 6) is -4.67. The summed E-state index contributed by atoms with van der Waals surface area (Å²) in [7, 11) is 1.32. The molecular weight excluding hydrogens is 614 g/mol. The van der Waals surface area contributed by atoms with E-state index in [-0.39, 0.29) is 40.0 Å². The van der Waals surface area contributed by atoms with Gasteiger partial charge in [-0.3, -0.25) is 14.4 Å². The topological polar surface area (TPSA) is 212 Å². The van der Waals surface area contributed by atoms with Crippen LogP contribution in [-0.2, 0) is 25.4 Å². The molecular formula is C34H33NO12. The Hall–Kier alpha value is -4.66. The van der Waals surface area contributed by atoms with Crippen LogP contribution in [0.4, 0.5) is 0 Å². The lowest BCUT2D eigenvalue weighted by Gasteiger charge is -2.42. The number of aliphatic hydroxyl groups excluding tert-OH is 1. The quantitative estimate of drug-likeness (QED) is 0.143. The molecule has 0 radical (unpaired) electrons. The number of aromatic hydroxyl groups is 2. The lowest BCUT2D eigenvalue weighted by molar-refractivity contribution is -0.247. The third kappa shape index (κ3) is 5.45. The van der Waals surface area contributed by atoms with Crippen molar-refractivity contribution < 1.29 is 58.6 Å². The molecule has 1 saturated heterocycles. The molecule has 6 rings (SSSR count). The third-order valence-electron chi connectivity index (χ3n) is 9.01. The molecule has 3 aromatic rings. The summed E-state index contributed by atoms with van der Waals surface area (Å²) in [5.41, 5.74) is 2.39. The molecule has 0 aromatic heterocycles. The molecule has 0 spiro atoms. The van der Waals surface area contributed by atoms with Gasteiger partial charge in [0.25, 0.3) is 0 Å². The maximum atomic E-state index is 13.8. The maximum absolute atomic E-state index is 13.8. The van der Waals surface area contributed by atoms with Gasteiger partial charge in [0.05, 0.1) is 47.7 Å². The van der Waals surface area contributed by atoms with E-state index in [9.17, 15) is 39.6 Å². The van der Waals surface area contributed by atoms with Crippen LogP contribution in [0.5, 0.6) is 17.2 Å². The Morgan fingerprint density at radius 2 is 1.70 bits per heavy atom. The zero-order valence-electron chi connectivity index (χ0n) is 25.5. The third-order valence-corrected chi connectivity index (χ3v) is 9.01. The first-order chi connectivity index (χ1) is 22.4. The van der Waals surface area contributed by atoms with Crippen LogP contribution >= 0.6 is 0 Å². The van der Waals surface area contributed by atoms with Crippen molar-refractivity contribution in [2.45, 2.75) is 62.4 Å². The van der Waals surface area contributed by atoms with E-state index in [0.717, 1.165) is 0 Å². The lowest BCUT2D eigenvalue weighted by atomic mass is 9.72. The molecule has 3 aromatic carbocycles. The molecule has 1 aliphatic heterocycles. The molecule has 3 aliphatic rings. The molecule has 0 amide bonds. The van der Waals surface area contributed by atoms with Crippen LogP contribution in [-0.4, -0.2) is 87.6 Å². The first-order valence-corrected chi connectivity index (χ1v) is 15.0. The number of carbonyl (C=O) groups is 4. The molecule has 6 N–H and O–H groups in total. The summed E-state index contributed by atoms with van der Waals surface area (Å²) in [4.78, 5) is 53.7. The van der Waals surface area contributed by atoms with E-state index in [1.807, 2.05) is 0 Å². The minimum Gasteiger partial charge on any atom is -0.507 e. The summed E-state index contributed by atoms with van der Waals surface area (Å²) in [5, 5.41) is 45.4. The van der Waals surface area contributed by atoms with E-state index < -0.39 is 102 Å². The molecule has 1 fully saturated rings. The highest BCUT2D eigenvalue weighted by Gasteiger charge is 2.50. The number of fused-ring (bicyclic) bond motifs is 3. The number of ketones is 3. The fourth-order valence-corrected chi connectivity index (χ4v) is 6.53. The zero-order valence-corrected chi connectivity index (χ0v) is 25.5. The highest BCUT2D eigenvalue weighted by atomic mass is 16.7. The Labute approximate surface area is 268 Å². The van der Waals surface area contributed by atoms with Crippen molar-refractivity contribution in [1.29, 1.82) is 0 Å². The second-order valence-corrected chi connectivity index (χ2v) is 11.9. The van der Waals surface area contributed by atoms with Crippen LogP contribution in [0.2, 0.25) is 0 Å². The number of aliphatic hydroxyl groups is 2. The molecule has 47 heavy (non-hydrogen) atoms. The predicted octanol–water partition coefficient (Wildman–Crippen LogP) is 1.87. The number of phenolic OH excluding ortho intramolecular Hbond substituents is 2. The maximum Gasteiger partial charge on any atom is 0.338 e. The fourth-order valence-electron chi connectivity index (χ4n) is 6.53.